The maximum Gasteiger partial charge on any atom is 0.254 e. The number of aromatic amines is 1. The number of aromatic nitrogens is 1. The van der Waals surface area contributed by atoms with Gasteiger partial charge in [-0.1, -0.05) is 18.9 Å². The lowest BCUT2D eigenvalue weighted by atomic mass is 9.80. The number of carbonyl (C=O) groups excluding carboxylic acids is 2. The van der Waals surface area contributed by atoms with Gasteiger partial charge in [-0.05, 0) is 64.2 Å². The monoisotopic (exact) mass is 381 g/mol. The summed E-state index contributed by atoms with van der Waals surface area (Å²) in [5.41, 5.74) is 3.44. The van der Waals surface area contributed by atoms with Crippen molar-refractivity contribution < 1.29 is 9.59 Å². The molecule has 1 aliphatic heterocycles. The topological polar surface area (TPSA) is 65.2 Å². The van der Waals surface area contributed by atoms with Crippen LogP contribution in [0.1, 0.15) is 67.1 Å². The van der Waals surface area contributed by atoms with Crippen LogP contribution < -0.4 is 5.32 Å². The molecule has 1 aromatic carbocycles. The van der Waals surface area contributed by atoms with Gasteiger partial charge in [0.05, 0.1) is 5.41 Å². The molecular weight excluding hydrogens is 350 g/mol. The fraction of sp³-hybridized carbons (Fsp3) is 0.565. The molecule has 0 unspecified atom stereocenters. The molecule has 150 valence electrons. The lowest BCUT2D eigenvalue weighted by molar-refractivity contribution is -0.133. The zero-order valence-electron chi connectivity index (χ0n) is 17.2. The van der Waals surface area contributed by atoms with Crippen molar-refractivity contribution in [1.82, 2.24) is 15.2 Å². The molecule has 1 aromatic heterocycles. The van der Waals surface area contributed by atoms with Gasteiger partial charge in [0, 0.05) is 41.3 Å². The maximum atomic E-state index is 13.4. The van der Waals surface area contributed by atoms with Crippen molar-refractivity contribution in [3.05, 3.63) is 35.0 Å². The van der Waals surface area contributed by atoms with E-state index in [9.17, 15) is 9.59 Å². The van der Waals surface area contributed by atoms with Crippen LogP contribution in [0.4, 0.5) is 0 Å². The summed E-state index contributed by atoms with van der Waals surface area (Å²) in [5, 5.41) is 4.26. The molecule has 2 N–H and O–H groups in total. The van der Waals surface area contributed by atoms with Crippen LogP contribution in [-0.4, -0.2) is 40.8 Å². The first-order valence-corrected chi connectivity index (χ1v) is 10.6. The zero-order chi connectivity index (χ0) is 19.9. The van der Waals surface area contributed by atoms with E-state index in [1.165, 1.54) is 12.8 Å². The van der Waals surface area contributed by atoms with Crippen molar-refractivity contribution >= 4 is 22.7 Å². The molecule has 4 rings (SSSR count). The molecule has 2 amide bonds. The highest BCUT2D eigenvalue weighted by Gasteiger charge is 2.40. The SMILES string of the molecule is Cc1[nH]c2cccc(C(=O)N3CCC[C@@](C)(C(=O)NC4CCCC4)C3)c2c1C. The number of fused-ring (bicyclic) bond motifs is 1. The van der Waals surface area contributed by atoms with Gasteiger partial charge in [0.1, 0.15) is 0 Å². The fourth-order valence-corrected chi connectivity index (χ4v) is 4.92. The average molecular weight is 382 g/mol. The zero-order valence-corrected chi connectivity index (χ0v) is 17.2. The number of rotatable bonds is 3. The highest BCUT2D eigenvalue weighted by molar-refractivity contribution is 6.08. The Labute approximate surface area is 166 Å². The molecule has 0 bridgehead atoms. The summed E-state index contributed by atoms with van der Waals surface area (Å²) in [5.74, 6) is 0.149. The van der Waals surface area contributed by atoms with E-state index in [1.54, 1.807) is 0 Å². The van der Waals surface area contributed by atoms with Gasteiger partial charge in [-0.2, -0.15) is 0 Å². The number of hydrogen-bond acceptors (Lipinski definition) is 2. The Hall–Kier alpha value is -2.30. The second-order valence-electron chi connectivity index (χ2n) is 8.95. The summed E-state index contributed by atoms with van der Waals surface area (Å²) in [6.45, 7) is 7.31. The standard InChI is InChI=1S/C23H31N3O2/c1-15-16(2)24-19-11-6-10-18(20(15)19)21(27)26-13-7-12-23(3,14-26)22(28)25-17-8-4-5-9-17/h6,10-11,17,24H,4-5,7-9,12-14H2,1-3H3,(H,25,28)/t23-/m1/s1. The lowest BCUT2D eigenvalue weighted by Gasteiger charge is -2.40. The number of nitrogens with one attached hydrogen (secondary N) is 2. The van der Waals surface area contributed by atoms with E-state index >= 15 is 0 Å². The molecule has 28 heavy (non-hydrogen) atoms. The van der Waals surface area contributed by atoms with Crippen LogP contribution in [0.5, 0.6) is 0 Å². The number of nitrogens with zero attached hydrogens (tertiary/aromatic N) is 1. The minimum Gasteiger partial charge on any atom is -0.358 e. The number of carbonyl (C=O) groups is 2. The number of benzene rings is 1. The molecule has 1 atom stereocenters. The molecule has 0 spiro atoms. The van der Waals surface area contributed by atoms with E-state index in [2.05, 4.69) is 17.2 Å². The normalized spacial score (nSPS) is 23.3. The Kier molecular flexibility index (Phi) is 4.94. The van der Waals surface area contributed by atoms with E-state index in [0.717, 1.165) is 53.4 Å². The third kappa shape index (κ3) is 3.31. The predicted molar refractivity (Wildman–Crippen MR) is 111 cm³/mol. The Bertz CT molecular complexity index is 910. The number of amides is 2. The van der Waals surface area contributed by atoms with Crippen LogP contribution in [-0.2, 0) is 4.79 Å². The summed E-state index contributed by atoms with van der Waals surface area (Å²) in [4.78, 5) is 31.7. The predicted octanol–water partition coefficient (Wildman–Crippen LogP) is 4.09. The number of piperidine rings is 1. The first kappa shape index (κ1) is 19.0. The summed E-state index contributed by atoms with van der Waals surface area (Å²) in [6.07, 6.45) is 6.26. The largest absolute Gasteiger partial charge is 0.358 e. The number of likely N-dealkylation sites (tertiary alicyclic amines) is 1. The van der Waals surface area contributed by atoms with E-state index in [-0.39, 0.29) is 11.8 Å². The molecular formula is C23H31N3O2. The van der Waals surface area contributed by atoms with Gasteiger partial charge >= 0.3 is 0 Å². The summed E-state index contributed by atoms with van der Waals surface area (Å²) < 4.78 is 0. The van der Waals surface area contributed by atoms with Gasteiger partial charge in [-0.3, -0.25) is 9.59 Å². The van der Waals surface area contributed by atoms with Crippen LogP contribution in [0.3, 0.4) is 0 Å². The molecule has 5 nitrogen and oxygen atoms in total. The number of hydrogen-bond donors (Lipinski definition) is 2. The van der Waals surface area contributed by atoms with Crippen LogP contribution in [0.25, 0.3) is 10.9 Å². The number of H-pyrrole nitrogens is 1. The smallest absolute Gasteiger partial charge is 0.254 e. The second kappa shape index (κ2) is 7.26. The summed E-state index contributed by atoms with van der Waals surface area (Å²) >= 11 is 0. The van der Waals surface area contributed by atoms with Crippen molar-refractivity contribution in [3.8, 4) is 0 Å². The first-order chi connectivity index (χ1) is 13.4. The molecule has 5 heteroatoms. The minimum absolute atomic E-state index is 0.0345. The van der Waals surface area contributed by atoms with Crippen molar-refractivity contribution in [2.24, 2.45) is 5.41 Å². The highest BCUT2D eigenvalue weighted by atomic mass is 16.2. The van der Waals surface area contributed by atoms with E-state index in [0.29, 0.717) is 19.1 Å². The third-order valence-electron chi connectivity index (χ3n) is 6.78. The van der Waals surface area contributed by atoms with Crippen LogP contribution in [0.2, 0.25) is 0 Å². The molecule has 0 radical (unpaired) electrons. The first-order valence-electron chi connectivity index (χ1n) is 10.6. The lowest BCUT2D eigenvalue weighted by Crippen LogP contribution is -2.53. The van der Waals surface area contributed by atoms with Crippen LogP contribution >= 0.6 is 0 Å². The van der Waals surface area contributed by atoms with Crippen LogP contribution in [0, 0.1) is 19.3 Å². The Morgan fingerprint density at radius 3 is 2.68 bits per heavy atom. The molecule has 2 fully saturated rings. The van der Waals surface area contributed by atoms with Crippen LogP contribution in [0.15, 0.2) is 18.2 Å². The van der Waals surface area contributed by atoms with E-state index in [4.69, 9.17) is 0 Å². The van der Waals surface area contributed by atoms with Crippen molar-refractivity contribution in [2.45, 2.75) is 65.3 Å². The Morgan fingerprint density at radius 1 is 1.18 bits per heavy atom. The van der Waals surface area contributed by atoms with E-state index < -0.39 is 5.41 Å². The van der Waals surface area contributed by atoms with Gasteiger partial charge in [-0.25, -0.2) is 0 Å². The molecule has 1 saturated carbocycles. The van der Waals surface area contributed by atoms with E-state index in [1.807, 2.05) is 36.9 Å². The third-order valence-corrected chi connectivity index (χ3v) is 6.78. The second-order valence-corrected chi connectivity index (χ2v) is 8.95. The Balaban J connectivity index is 1.56. The highest BCUT2D eigenvalue weighted by Crippen LogP contribution is 2.33. The molecule has 2 aliphatic rings. The molecule has 2 heterocycles. The molecule has 1 saturated heterocycles. The maximum absolute atomic E-state index is 13.4. The summed E-state index contributed by atoms with van der Waals surface area (Å²) in [6, 6.07) is 6.17. The minimum atomic E-state index is -0.506. The quantitative estimate of drug-likeness (QED) is 0.841. The summed E-state index contributed by atoms with van der Waals surface area (Å²) in [7, 11) is 0. The van der Waals surface area contributed by atoms with Gasteiger partial charge in [-0.15, -0.1) is 0 Å². The van der Waals surface area contributed by atoms with Gasteiger partial charge in [0.15, 0.2) is 0 Å². The van der Waals surface area contributed by atoms with Crippen molar-refractivity contribution in [3.63, 3.8) is 0 Å². The van der Waals surface area contributed by atoms with Gasteiger partial charge in [0.2, 0.25) is 5.91 Å². The van der Waals surface area contributed by atoms with Crippen molar-refractivity contribution in [2.75, 3.05) is 13.1 Å². The van der Waals surface area contributed by atoms with Gasteiger partial charge in [0.25, 0.3) is 5.91 Å². The number of aryl methyl sites for hydroxylation is 2. The van der Waals surface area contributed by atoms with Gasteiger partial charge < -0.3 is 15.2 Å². The average Bonchev–Trinajstić information content (AvgIpc) is 3.29. The fourth-order valence-electron chi connectivity index (χ4n) is 4.92. The molecule has 1 aliphatic carbocycles. The van der Waals surface area contributed by atoms with Crippen molar-refractivity contribution in [1.29, 1.82) is 0 Å². The Morgan fingerprint density at radius 2 is 1.93 bits per heavy atom. The molecule has 2 aromatic rings.